The topological polar surface area (TPSA) is 112 Å². The fraction of sp³-hybridized carbons (Fsp3) is 0.594. The van der Waals surface area contributed by atoms with Gasteiger partial charge < -0.3 is 34.0 Å². The van der Waals surface area contributed by atoms with Crippen molar-refractivity contribution in [1.29, 1.82) is 0 Å². The number of carbonyl (C=O) groups is 3. The van der Waals surface area contributed by atoms with Gasteiger partial charge in [0.2, 0.25) is 17.7 Å². The number of ether oxygens (including phenoxy) is 3. The van der Waals surface area contributed by atoms with Crippen LogP contribution < -0.4 is 9.64 Å². The first-order valence-electron chi connectivity index (χ1n) is 15.4. The first kappa shape index (κ1) is 29.8. The summed E-state index contributed by atoms with van der Waals surface area (Å²) >= 11 is 0. The van der Waals surface area contributed by atoms with Crippen LogP contribution in [0.15, 0.2) is 48.6 Å². The summed E-state index contributed by atoms with van der Waals surface area (Å²) < 4.78 is 17.9. The highest BCUT2D eigenvalue weighted by Crippen LogP contribution is 2.58. The first-order chi connectivity index (χ1) is 20.7. The lowest BCUT2D eigenvalue weighted by atomic mass is 9.74. The molecule has 0 bridgehead atoms. The maximum Gasteiger partial charge on any atom is 0.249 e. The summed E-state index contributed by atoms with van der Waals surface area (Å²) in [6.07, 6.45) is 7.52. The molecule has 3 fully saturated rings. The lowest BCUT2D eigenvalue weighted by Gasteiger charge is -2.39. The largest absolute Gasteiger partial charge is 0.494 e. The minimum atomic E-state index is -1.35. The molecular formula is C32H42N4O7. The monoisotopic (exact) mass is 594 g/mol. The number of morpholine rings is 1. The maximum atomic E-state index is 14.5. The van der Waals surface area contributed by atoms with Crippen molar-refractivity contribution >= 4 is 23.4 Å². The second kappa shape index (κ2) is 11.7. The molecule has 6 atom stereocenters. The third-order valence-electron chi connectivity index (χ3n) is 9.57. The molecule has 11 heteroatoms. The van der Waals surface area contributed by atoms with E-state index in [1.54, 1.807) is 16.7 Å². The van der Waals surface area contributed by atoms with Gasteiger partial charge in [-0.15, -0.1) is 0 Å². The summed E-state index contributed by atoms with van der Waals surface area (Å²) in [6, 6.07) is 5.69. The molecule has 3 saturated heterocycles. The number of amides is 3. The zero-order valence-electron chi connectivity index (χ0n) is 25.2. The van der Waals surface area contributed by atoms with Gasteiger partial charge in [0.25, 0.3) is 0 Å². The molecule has 0 aromatic heterocycles. The van der Waals surface area contributed by atoms with Crippen LogP contribution in [0, 0.1) is 11.8 Å². The van der Waals surface area contributed by atoms with E-state index in [2.05, 4.69) is 4.90 Å². The highest BCUT2D eigenvalue weighted by Gasteiger charge is 2.75. The molecule has 43 heavy (non-hydrogen) atoms. The second-order valence-electron chi connectivity index (χ2n) is 12.2. The quantitative estimate of drug-likeness (QED) is 0.445. The van der Waals surface area contributed by atoms with Crippen molar-refractivity contribution in [3.8, 4) is 5.75 Å². The summed E-state index contributed by atoms with van der Waals surface area (Å²) in [6.45, 7) is 10.5. The number of nitrogens with zero attached hydrogens (tertiary/aromatic N) is 4. The number of benzene rings is 1. The Bertz CT molecular complexity index is 1290. The van der Waals surface area contributed by atoms with Crippen LogP contribution in [0.3, 0.4) is 0 Å². The second-order valence-corrected chi connectivity index (χ2v) is 12.2. The zero-order chi connectivity index (χ0) is 30.4. The average molecular weight is 595 g/mol. The Morgan fingerprint density at radius 1 is 0.977 bits per heavy atom. The summed E-state index contributed by atoms with van der Waals surface area (Å²) in [5, 5.41) is 10.2. The van der Waals surface area contributed by atoms with Crippen molar-refractivity contribution in [2.24, 2.45) is 11.8 Å². The molecule has 1 aromatic carbocycles. The normalized spacial score (nSPS) is 33.3. The summed E-state index contributed by atoms with van der Waals surface area (Å²) in [5.74, 6) is -1.91. The number of rotatable bonds is 8. The Balaban J connectivity index is 1.35. The number of aliphatic hydroxyl groups is 1. The van der Waals surface area contributed by atoms with E-state index in [0.717, 1.165) is 13.1 Å². The number of hydrogen-bond donors (Lipinski definition) is 1. The number of anilines is 1. The van der Waals surface area contributed by atoms with E-state index in [1.165, 1.54) is 4.90 Å². The molecule has 5 aliphatic heterocycles. The predicted molar refractivity (Wildman–Crippen MR) is 158 cm³/mol. The Morgan fingerprint density at radius 2 is 1.70 bits per heavy atom. The van der Waals surface area contributed by atoms with E-state index in [9.17, 15) is 19.5 Å². The van der Waals surface area contributed by atoms with E-state index in [4.69, 9.17) is 14.2 Å². The van der Waals surface area contributed by atoms with E-state index in [-0.39, 0.29) is 24.3 Å². The van der Waals surface area contributed by atoms with Gasteiger partial charge in [-0.1, -0.05) is 24.3 Å². The number of likely N-dealkylation sites (tertiary alicyclic amines) is 1. The van der Waals surface area contributed by atoms with Gasteiger partial charge in [-0.2, -0.15) is 0 Å². The van der Waals surface area contributed by atoms with Gasteiger partial charge >= 0.3 is 0 Å². The van der Waals surface area contributed by atoms with Gasteiger partial charge in [0.15, 0.2) is 0 Å². The molecule has 0 radical (unpaired) electrons. The van der Waals surface area contributed by atoms with Gasteiger partial charge in [-0.25, -0.2) is 0 Å². The van der Waals surface area contributed by atoms with Crippen molar-refractivity contribution in [3.05, 3.63) is 48.6 Å². The lowest BCUT2D eigenvalue weighted by molar-refractivity contribution is -0.153. The third-order valence-corrected chi connectivity index (χ3v) is 9.57. The number of hydrogen-bond acceptors (Lipinski definition) is 8. The molecule has 1 spiro atoms. The summed E-state index contributed by atoms with van der Waals surface area (Å²) in [5.41, 5.74) is -1.78. The SMILES string of the molecule is CCOc1ccc(N2CC=C[C@@]3(C)O[C@]45C=CCN(CCN6CCOCC6)C(=O)C4N([C@H](C)CO)C(=O)[C@@H]5[C@H]3C2=O)cc1. The number of carbonyl (C=O) groups excluding carboxylic acids is 3. The highest BCUT2D eigenvalue weighted by atomic mass is 16.5. The van der Waals surface area contributed by atoms with Crippen molar-refractivity contribution in [2.45, 2.75) is 44.1 Å². The van der Waals surface area contributed by atoms with Crippen LogP contribution in [0.4, 0.5) is 5.69 Å². The van der Waals surface area contributed by atoms with Gasteiger partial charge in [-0.05, 0) is 45.0 Å². The molecule has 1 unspecified atom stereocenters. The molecule has 1 aromatic rings. The van der Waals surface area contributed by atoms with Crippen molar-refractivity contribution in [2.75, 3.05) is 70.6 Å². The smallest absolute Gasteiger partial charge is 0.249 e. The van der Waals surface area contributed by atoms with Crippen molar-refractivity contribution in [1.82, 2.24) is 14.7 Å². The Morgan fingerprint density at radius 3 is 2.40 bits per heavy atom. The van der Waals surface area contributed by atoms with Gasteiger partial charge in [0.1, 0.15) is 17.4 Å². The number of aliphatic hydroxyl groups excluding tert-OH is 1. The molecule has 11 nitrogen and oxygen atoms in total. The third kappa shape index (κ3) is 4.96. The Labute approximate surface area is 252 Å². The van der Waals surface area contributed by atoms with Crippen molar-refractivity contribution in [3.63, 3.8) is 0 Å². The van der Waals surface area contributed by atoms with Gasteiger partial charge in [0, 0.05) is 45.0 Å². The van der Waals surface area contributed by atoms with E-state index in [0.29, 0.717) is 57.4 Å². The molecule has 232 valence electrons. The van der Waals surface area contributed by atoms with Crippen LogP contribution in [0.5, 0.6) is 5.75 Å². The van der Waals surface area contributed by atoms with Gasteiger partial charge in [-0.3, -0.25) is 19.3 Å². The molecule has 0 aliphatic carbocycles. The average Bonchev–Trinajstić information content (AvgIpc) is 3.29. The first-order valence-corrected chi connectivity index (χ1v) is 15.4. The molecule has 6 rings (SSSR count). The van der Waals surface area contributed by atoms with Crippen LogP contribution in [0.2, 0.25) is 0 Å². The summed E-state index contributed by atoms with van der Waals surface area (Å²) in [7, 11) is 0. The fourth-order valence-corrected chi connectivity index (χ4v) is 7.48. The molecule has 5 heterocycles. The molecule has 0 saturated carbocycles. The van der Waals surface area contributed by atoms with E-state index in [1.807, 2.05) is 62.4 Å². The predicted octanol–water partition coefficient (Wildman–Crippen LogP) is 1.07. The summed E-state index contributed by atoms with van der Waals surface area (Å²) in [4.78, 5) is 50.5. The van der Waals surface area contributed by atoms with E-state index >= 15 is 0 Å². The Hall–Kier alpha value is -3.25. The standard InChI is InChI=1S/C32H42N4O7/c1-4-42-24-9-7-23(8-10-24)35-14-5-11-31(3)25(28(35)38)26-29(39)36(22(2)21-37)27-30(40)34(13-6-12-32(26,27)43-31)16-15-33-17-19-41-20-18-33/h5-12,22,25-27,37H,4,13-21H2,1-3H3/t22-,25+,26+,27?,31-,32+/m1/s1. The van der Waals surface area contributed by atoms with Crippen molar-refractivity contribution < 1.29 is 33.7 Å². The minimum Gasteiger partial charge on any atom is -0.494 e. The number of fused-ring (bicyclic) bond motifs is 2. The van der Waals surface area contributed by atoms with Crippen LogP contribution in [0.25, 0.3) is 0 Å². The van der Waals surface area contributed by atoms with Crippen LogP contribution in [0.1, 0.15) is 20.8 Å². The maximum absolute atomic E-state index is 14.5. The van der Waals surface area contributed by atoms with Crippen LogP contribution in [-0.2, 0) is 23.9 Å². The van der Waals surface area contributed by atoms with E-state index < -0.39 is 35.1 Å². The Kier molecular flexibility index (Phi) is 8.10. The lowest BCUT2D eigenvalue weighted by Crippen LogP contribution is -2.58. The zero-order valence-corrected chi connectivity index (χ0v) is 25.2. The van der Waals surface area contributed by atoms with Crippen LogP contribution >= 0.6 is 0 Å². The molecule has 5 aliphatic rings. The molecular weight excluding hydrogens is 552 g/mol. The van der Waals surface area contributed by atoms with Gasteiger partial charge in [0.05, 0.1) is 49.9 Å². The molecule has 1 N–H and O–H groups in total. The fourth-order valence-electron chi connectivity index (χ4n) is 7.48. The highest BCUT2D eigenvalue weighted by molar-refractivity contribution is 6.04. The molecule has 3 amide bonds. The minimum absolute atomic E-state index is 0.228. The van der Waals surface area contributed by atoms with Crippen LogP contribution in [-0.4, -0.2) is 127 Å².